The Hall–Kier alpha value is -1.78. The molecule has 0 aliphatic rings. The summed E-state index contributed by atoms with van der Waals surface area (Å²) in [6.45, 7) is 0.358. The molecule has 1 N–H and O–H groups in total. The van der Waals surface area contributed by atoms with E-state index in [9.17, 15) is 4.79 Å². The summed E-state index contributed by atoms with van der Waals surface area (Å²) in [5.74, 6) is 0.0157. The molecule has 0 saturated heterocycles. The second kappa shape index (κ2) is 5.92. The molecule has 0 bridgehead atoms. The number of amides is 1. The van der Waals surface area contributed by atoms with Crippen LogP contribution in [0.4, 0.5) is 0 Å². The van der Waals surface area contributed by atoms with Crippen LogP contribution in [0.5, 0.6) is 0 Å². The smallest absolute Gasteiger partial charge is 0.287 e. The average molecular weight is 365 g/mol. The highest BCUT2D eigenvalue weighted by Gasteiger charge is 2.13. The molecule has 0 aliphatic carbocycles. The van der Waals surface area contributed by atoms with Crippen LogP contribution in [0, 0.1) is 0 Å². The van der Waals surface area contributed by atoms with Crippen molar-refractivity contribution in [2.45, 2.75) is 6.54 Å². The topological polar surface area (TPSA) is 42.2 Å². The van der Waals surface area contributed by atoms with Crippen LogP contribution in [0.1, 0.15) is 16.1 Å². The van der Waals surface area contributed by atoms with Crippen LogP contribution in [0.2, 0.25) is 5.02 Å². The summed E-state index contributed by atoms with van der Waals surface area (Å²) in [6.07, 6.45) is 0. The maximum absolute atomic E-state index is 12.1. The summed E-state index contributed by atoms with van der Waals surface area (Å²) in [7, 11) is 0. The number of fused-ring (bicyclic) bond motifs is 1. The summed E-state index contributed by atoms with van der Waals surface area (Å²) < 4.78 is 6.45. The summed E-state index contributed by atoms with van der Waals surface area (Å²) in [5, 5.41) is 4.31. The molecule has 1 amide bonds. The zero-order valence-corrected chi connectivity index (χ0v) is 13.2. The van der Waals surface area contributed by atoms with Gasteiger partial charge >= 0.3 is 0 Å². The predicted octanol–water partition coefficient (Wildman–Crippen LogP) is 4.78. The summed E-state index contributed by atoms with van der Waals surface area (Å²) >= 11 is 9.49. The van der Waals surface area contributed by atoms with E-state index in [1.807, 2.05) is 36.4 Å². The number of hydrogen-bond donors (Lipinski definition) is 1. The largest absolute Gasteiger partial charge is 0.451 e. The molecule has 0 radical (unpaired) electrons. The lowest BCUT2D eigenvalue weighted by atomic mass is 10.2. The SMILES string of the molecule is O=C(NCc1ccccc1Cl)c1cc2c(Br)cccc2o1. The number of rotatable bonds is 3. The molecule has 3 nitrogen and oxygen atoms in total. The van der Waals surface area contributed by atoms with Gasteiger partial charge in [0.15, 0.2) is 5.76 Å². The van der Waals surface area contributed by atoms with E-state index in [0.29, 0.717) is 17.2 Å². The van der Waals surface area contributed by atoms with E-state index in [1.165, 1.54) is 0 Å². The Morgan fingerprint density at radius 3 is 2.76 bits per heavy atom. The first-order valence-corrected chi connectivity index (χ1v) is 7.52. The Morgan fingerprint density at radius 1 is 1.19 bits per heavy atom. The molecule has 2 aromatic carbocycles. The Morgan fingerprint density at radius 2 is 2.00 bits per heavy atom. The molecular formula is C16H11BrClNO2. The van der Waals surface area contributed by atoms with Gasteiger partial charge in [0.2, 0.25) is 0 Å². The van der Waals surface area contributed by atoms with E-state index in [1.54, 1.807) is 12.1 Å². The van der Waals surface area contributed by atoms with Crippen molar-refractivity contribution in [1.29, 1.82) is 0 Å². The maximum Gasteiger partial charge on any atom is 0.287 e. The van der Waals surface area contributed by atoms with E-state index < -0.39 is 0 Å². The highest BCUT2D eigenvalue weighted by atomic mass is 79.9. The van der Waals surface area contributed by atoms with Gasteiger partial charge in [-0.25, -0.2) is 0 Å². The molecule has 0 fully saturated rings. The van der Waals surface area contributed by atoms with Gasteiger partial charge in [0.05, 0.1) is 0 Å². The van der Waals surface area contributed by atoms with Crippen molar-refractivity contribution < 1.29 is 9.21 Å². The molecule has 21 heavy (non-hydrogen) atoms. The third kappa shape index (κ3) is 2.96. The van der Waals surface area contributed by atoms with Gasteiger partial charge in [-0.2, -0.15) is 0 Å². The molecule has 1 heterocycles. The lowest BCUT2D eigenvalue weighted by Crippen LogP contribution is -2.22. The first kappa shape index (κ1) is 14.2. The summed E-state index contributed by atoms with van der Waals surface area (Å²) in [4.78, 5) is 12.1. The number of halogens is 2. The predicted molar refractivity (Wildman–Crippen MR) is 86.5 cm³/mol. The van der Waals surface area contributed by atoms with Crippen LogP contribution in [0.3, 0.4) is 0 Å². The van der Waals surface area contributed by atoms with Crippen molar-refractivity contribution in [2.24, 2.45) is 0 Å². The van der Waals surface area contributed by atoms with Crippen molar-refractivity contribution >= 4 is 44.4 Å². The maximum atomic E-state index is 12.1. The van der Waals surface area contributed by atoms with Crippen molar-refractivity contribution in [3.63, 3.8) is 0 Å². The van der Waals surface area contributed by atoms with Gasteiger partial charge in [0.25, 0.3) is 5.91 Å². The highest BCUT2D eigenvalue weighted by molar-refractivity contribution is 9.10. The van der Waals surface area contributed by atoms with E-state index in [0.717, 1.165) is 15.4 Å². The lowest BCUT2D eigenvalue weighted by molar-refractivity contribution is 0.0925. The third-order valence-electron chi connectivity index (χ3n) is 3.13. The van der Waals surface area contributed by atoms with Crippen LogP contribution < -0.4 is 5.32 Å². The number of furan rings is 1. The highest BCUT2D eigenvalue weighted by Crippen LogP contribution is 2.27. The quantitative estimate of drug-likeness (QED) is 0.727. The van der Waals surface area contributed by atoms with Gasteiger partial charge in [0.1, 0.15) is 5.58 Å². The molecule has 5 heteroatoms. The van der Waals surface area contributed by atoms with Crippen LogP contribution in [0.15, 0.2) is 57.4 Å². The fraction of sp³-hybridized carbons (Fsp3) is 0.0625. The Balaban J connectivity index is 1.78. The normalized spacial score (nSPS) is 10.8. The van der Waals surface area contributed by atoms with Crippen LogP contribution in [-0.2, 0) is 6.54 Å². The molecule has 0 spiro atoms. The van der Waals surface area contributed by atoms with Crippen molar-refractivity contribution in [3.05, 3.63) is 69.3 Å². The fourth-order valence-electron chi connectivity index (χ4n) is 2.04. The number of hydrogen-bond acceptors (Lipinski definition) is 2. The molecule has 0 aliphatic heterocycles. The van der Waals surface area contributed by atoms with Gasteiger partial charge in [-0.3, -0.25) is 4.79 Å². The Labute approximate surface area is 135 Å². The van der Waals surface area contributed by atoms with Gasteiger partial charge in [-0.15, -0.1) is 0 Å². The molecule has 0 unspecified atom stereocenters. The van der Waals surface area contributed by atoms with Crippen molar-refractivity contribution in [3.8, 4) is 0 Å². The minimum atomic E-state index is -0.266. The molecule has 0 saturated carbocycles. The first-order chi connectivity index (χ1) is 10.1. The summed E-state index contributed by atoms with van der Waals surface area (Å²) in [5.41, 5.74) is 1.54. The van der Waals surface area contributed by atoms with Gasteiger partial charge in [-0.1, -0.05) is 51.8 Å². The van der Waals surface area contributed by atoms with Gasteiger partial charge < -0.3 is 9.73 Å². The number of carbonyl (C=O) groups excluding carboxylic acids is 1. The minimum Gasteiger partial charge on any atom is -0.451 e. The molecule has 3 rings (SSSR count). The average Bonchev–Trinajstić information content (AvgIpc) is 2.92. The van der Waals surface area contributed by atoms with Crippen LogP contribution >= 0.6 is 27.5 Å². The Bertz CT molecular complexity index is 813. The molecule has 0 atom stereocenters. The summed E-state index contributed by atoms with van der Waals surface area (Å²) in [6, 6.07) is 14.7. The molecular weight excluding hydrogens is 354 g/mol. The van der Waals surface area contributed by atoms with E-state index in [4.69, 9.17) is 16.0 Å². The zero-order valence-electron chi connectivity index (χ0n) is 10.9. The Kier molecular flexibility index (Phi) is 3.99. The number of nitrogens with one attached hydrogen (secondary N) is 1. The molecule has 3 aromatic rings. The van der Waals surface area contributed by atoms with E-state index >= 15 is 0 Å². The van der Waals surface area contributed by atoms with Gasteiger partial charge in [-0.05, 0) is 29.8 Å². The monoisotopic (exact) mass is 363 g/mol. The van der Waals surface area contributed by atoms with Crippen molar-refractivity contribution in [1.82, 2.24) is 5.32 Å². The van der Waals surface area contributed by atoms with E-state index in [2.05, 4.69) is 21.2 Å². The van der Waals surface area contributed by atoms with Gasteiger partial charge in [0, 0.05) is 21.4 Å². The second-order valence-corrected chi connectivity index (χ2v) is 5.80. The van der Waals surface area contributed by atoms with Crippen LogP contribution in [0.25, 0.3) is 11.0 Å². The number of carbonyl (C=O) groups is 1. The zero-order chi connectivity index (χ0) is 14.8. The first-order valence-electron chi connectivity index (χ1n) is 6.35. The van der Waals surface area contributed by atoms with Crippen molar-refractivity contribution in [2.75, 3.05) is 0 Å². The molecule has 1 aromatic heterocycles. The second-order valence-electron chi connectivity index (χ2n) is 4.54. The fourth-order valence-corrected chi connectivity index (χ4v) is 2.71. The minimum absolute atomic E-state index is 0.266. The standard InChI is InChI=1S/C16H11BrClNO2/c17-12-5-3-7-14-11(12)8-15(21-14)16(20)19-9-10-4-1-2-6-13(10)18/h1-8H,9H2,(H,19,20). The van der Waals surface area contributed by atoms with E-state index in [-0.39, 0.29) is 11.7 Å². The lowest BCUT2D eigenvalue weighted by Gasteiger charge is -2.04. The number of benzene rings is 2. The van der Waals surface area contributed by atoms with Crippen LogP contribution in [-0.4, -0.2) is 5.91 Å². The third-order valence-corrected chi connectivity index (χ3v) is 4.19. The molecule has 106 valence electrons.